The number of halogens is 3. The van der Waals surface area contributed by atoms with Crippen LogP contribution in [-0.4, -0.2) is 53.5 Å². The molecule has 0 aromatic rings. The second-order valence-electron chi connectivity index (χ2n) is 3.85. The fourth-order valence-corrected chi connectivity index (χ4v) is 0.911. The van der Waals surface area contributed by atoms with Gasteiger partial charge in [-0.2, -0.15) is 13.2 Å². The number of azide groups is 1. The number of nitrogens with two attached hydrogens (primary N) is 1. The number of esters is 1. The molecule has 1 atom stereocenters. The summed E-state index contributed by atoms with van der Waals surface area (Å²) in [6.45, 7) is -0.155. The van der Waals surface area contributed by atoms with E-state index >= 15 is 0 Å². The van der Waals surface area contributed by atoms with Gasteiger partial charge in [-0.05, 0) is 24.8 Å². The van der Waals surface area contributed by atoms with Crippen LogP contribution in [0.5, 0.6) is 0 Å². The SMILES string of the molecule is O=C(O)C(F)(F)F.[N-]=[N+]=NCC(=O)OCCCC[C@H](N)C(=O)O. The van der Waals surface area contributed by atoms with Gasteiger partial charge in [0.2, 0.25) is 0 Å². The molecule has 132 valence electrons. The topological polar surface area (TPSA) is 176 Å². The number of rotatable bonds is 8. The van der Waals surface area contributed by atoms with Gasteiger partial charge in [-0.15, -0.1) is 0 Å². The zero-order valence-corrected chi connectivity index (χ0v) is 11.7. The summed E-state index contributed by atoms with van der Waals surface area (Å²) in [6, 6.07) is -0.876. The van der Waals surface area contributed by atoms with E-state index in [1.54, 1.807) is 0 Å². The highest BCUT2D eigenvalue weighted by molar-refractivity contribution is 5.73. The Morgan fingerprint density at radius 1 is 1.26 bits per heavy atom. The highest BCUT2D eigenvalue weighted by Crippen LogP contribution is 2.13. The Balaban J connectivity index is 0. The number of ether oxygens (including phenoxy) is 1. The highest BCUT2D eigenvalue weighted by Gasteiger charge is 2.38. The van der Waals surface area contributed by atoms with E-state index < -0.39 is 30.1 Å². The van der Waals surface area contributed by atoms with E-state index in [0.717, 1.165) is 0 Å². The number of carbonyl (C=O) groups is 3. The van der Waals surface area contributed by atoms with Crippen LogP contribution >= 0.6 is 0 Å². The molecule has 0 heterocycles. The number of hydrogen-bond acceptors (Lipinski definition) is 6. The third-order valence-corrected chi connectivity index (χ3v) is 2.00. The van der Waals surface area contributed by atoms with E-state index in [-0.39, 0.29) is 13.2 Å². The zero-order valence-electron chi connectivity index (χ0n) is 11.7. The van der Waals surface area contributed by atoms with Crippen molar-refractivity contribution in [2.45, 2.75) is 31.5 Å². The number of nitrogens with zero attached hydrogens (tertiary/aromatic N) is 3. The molecule has 4 N–H and O–H groups in total. The molecule has 0 aromatic carbocycles. The number of alkyl halides is 3. The van der Waals surface area contributed by atoms with E-state index in [1.807, 2.05) is 0 Å². The second-order valence-corrected chi connectivity index (χ2v) is 3.85. The van der Waals surface area contributed by atoms with Crippen LogP contribution in [0.15, 0.2) is 5.11 Å². The molecule has 0 fully saturated rings. The van der Waals surface area contributed by atoms with Crippen molar-refractivity contribution in [1.82, 2.24) is 0 Å². The van der Waals surface area contributed by atoms with Crippen LogP contribution in [0.2, 0.25) is 0 Å². The molecule has 13 heteroatoms. The average Bonchev–Trinajstić information content (AvgIpc) is 2.43. The molecule has 0 bridgehead atoms. The number of carboxylic acids is 2. The van der Waals surface area contributed by atoms with E-state index in [0.29, 0.717) is 19.3 Å². The molecular formula is C10H15F3N4O6. The summed E-state index contributed by atoms with van der Waals surface area (Å²) in [5, 5.41) is 18.6. The summed E-state index contributed by atoms with van der Waals surface area (Å²) in [4.78, 5) is 32.4. The predicted octanol–water partition coefficient (Wildman–Crippen LogP) is 1.06. The first-order valence-corrected chi connectivity index (χ1v) is 5.97. The maximum Gasteiger partial charge on any atom is 0.490 e. The van der Waals surface area contributed by atoms with E-state index in [9.17, 15) is 22.8 Å². The number of carboxylic acid groups (broad SMARTS) is 2. The monoisotopic (exact) mass is 344 g/mol. The van der Waals surface area contributed by atoms with Gasteiger partial charge < -0.3 is 20.7 Å². The second kappa shape index (κ2) is 12.1. The number of hydrogen-bond donors (Lipinski definition) is 3. The van der Waals surface area contributed by atoms with Gasteiger partial charge in [0.25, 0.3) is 0 Å². The fraction of sp³-hybridized carbons (Fsp3) is 0.700. The number of carbonyl (C=O) groups excluding carboxylic acids is 1. The lowest BCUT2D eigenvalue weighted by molar-refractivity contribution is -0.192. The van der Waals surface area contributed by atoms with Gasteiger partial charge in [0.1, 0.15) is 12.6 Å². The molecule has 0 aliphatic heterocycles. The molecule has 0 saturated heterocycles. The van der Waals surface area contributed by atoms with Gasteiger partial charge in [-0.1, -0.05) is 5.11 Å². The largest absolute Gasteiger partial charge is 0.490 e. The minimum Gasteiger partial charge on any atom is -0.480 e. The molecule has 0 unspecified atom stereocenters. The number of aliphatic carboxylic acids is 2. The number of unbranched alkanes of at least 4 members (excludes halogenated alkanes) is 1. The Morgan fingerprint density at radius 3 is 2.17 bits per heavy atom. The molecule has 0 radical (unpaired) electrons. The van der Waals surface area contributed by atoms with Crippen molar-refractivity contribution in [3.63, 3.8) is 0 Å². The third-order valence-electron chi connectivity index (χ3n) is 2.00. The van der Waals surface area contributed by atoms with Gasteiger partial charge in [-0.25, -0.2) is 4.79 Å². The first-order chi connectivity index (χ1) is 10.5. The summed E-state index contributed by atoms with van der Waals surface area (Å²) in [7, 11) is 0. The lowest BCUT2D eigenvalue weighted by atomic mass is 10.1. The summed E-state index contributed by atoms with van der Waals surface area (Å²) in [5.41, 5.74) is 13.2. The van der Waals surface area contributed by atoms with Gasteiger partial charge >= 0.3 is 24.1 Å². The smallest absolute Gasteiger partial charge is 0.480 e. The van der Waals surface area contributed by atoms with Crippen LogP contribution in [0, 0.1) is 0 Å². The molecule has 0 aliphatic carbocycles. The minimum absolute atomic E-state index is 0.173. The van der Waals surface area contributed by atoms with E-state index in [2.05, 4.69) is 10.0 Å². The van der Waals surface area contributed by atoms with Gasteiger partial charge in [-0.3, -0.25) is 9.59 Å². The Morgan fingerprint density at radius 2 is 1.78 bits per heavy atom. The quantitative estimate of drug-likeness (QED) is 0.194. The summed E-state index contributed by atoms with van der Waals surface area (Å²) < 4.78 is 36.4. The third kappa shape index (κ3) is 15.7. The van der Waals surface area contributed by atoms with Crippen LogP contribution in [0.1, 0.15) is 19.3 Å². The first-order valence-electron chi connectivity index (χ1n) is 5.97. The van der Waals surface area contributed by atoms with Crippen molar-refractivity contribution in [3.8, 4) is 0 Å². The van der Waals surface area contributed by atoms with Crippen molar-refractivity contribution in [3.05, 3.63) is 10.4 Å². The maximum absolute atomic E-state index is 10.8. The van der Waals surface area contributed by atoms with Crippen molar-refractivity contribution in [2.75, 3.05) is 13.2 Å². The fourth-order valence-electron chi connectivity index (χ4n) is 0.911. The first kappa shape index (κ1) is 22.7. The lowest BCUT2D eigenvalue weighted by Crippen LogP contribution is -2.29. The molecule has 0 aliphatic rings. The minimum atomic E-state index is -5.08. The predicted molar refractivity (Wildman–Crippen MR) is 68.1 cm³/mol. The molecule has 0 spiro atoms. The molecule has 0 saturated carbocycles. The van der Waals surface area contributed by atoms with Crippen molar-refractivity contribution < 1.29 is 42.5 Å². The molecule has 0 amide bonds. The van der Waals surface area contributed by atoms with Crippen LogP contribution in [0.3, 0.4) is 0 Å². The molecule has 10 nitrogen and oxygen atoms in total. The van der Waals surface area contributed by atoms with Crippen LogP contribution in [0.4, 0.5) is 13.2 Å². The Hall–Kier alpha value is -2.53. The van der Waals surface area contributed by atoms with E-state index in [4.69, 9.17) is 31.0 Å². The van der Waals surface area contributed by atoms with Gasteiger partial charge in [0.05, 0.1) is 6.61 Å². The molecular weight excluding hydrogens is 329 g/mol. The van der Waals surface area contributed by atoms with Crippen molar-refractivity contribution >= 4 is 17.9 Å². The Bertz CT molecular complexity index is 450. The van der Waals surface area contributed by atoms with Crippen LogP contribution < -0.4 is 5.73 Å². The normalized spacial score (nSPS) is 11.3. The summed E-state index contributed by atoms with van der Waals surface area (Å²) in [6.07, 6.45) is -3.66. The summed E-state index contributed by atoms with van der Waals surface area (Å²) >= 11 is 0. The van der Waals surface area contributed by atoms with Gasteiger partial charge in [0.15, 0.2) is 0 Å². The zero-order chi connectivity index (χ0) is 18.5. The Labute approximate surface area is 127 Å². The lowest BCUT2D eigenvalue weighted by Gasteiger charge is -2.06. The molecule has 23 heavy (non-hydrogen) atoms. The maximum atomic E-state index is 10.8. The van der Waals surface area contributed by atoms with E-state index in [1.165, 1.54) is 0 Å². The van der Waals surface area contributed by atoms with Crippen molar-refractivity contribution in [1.29, 1.82) is 0 Å². The van der Waals surface area contributed by atoms with Gasteiger partial charge in [0, 0.05) is 4.91 Å². The average molecular weight is 344 g/mol. The van der Waals surface area contributed by atoms with Crippen molar-refractivity contribution in [2.24, 2.45) is 10.8 Å². The molecule has 0 rings (SSSR count). The van der Waals surface area contributed by atoms with Crippen LogP contribution in [0.25, 0.3) is 10.4 Å². The highest BCUT2D eigenvalue weighted by atomic mass is 19.4. The standard InChI is InChI=1S/C8H14N4O4.C2HF3O2/c9-6(8(14)15)3-1-2-4-16-7(13)5-11-12-10;3-2(4,5)1(6)7/h6H,1-5,9H2,(H,14,15);(H,6,7)/t6-;/m0./s1. The summed E-state index contributed by atoms with van der Waals surface area (Å²) in [5.74, 6) is -4.40. The van der Waals surface area contributed by atoms with Crippen LogP contribution in [-0.2, 0) is 19.1 Å². The molecule has 0 aromatic heterocycles. The Kier molecular flexibility index (Phi) is 11.9.